The highest BCUT2D eigenvalue weighted by atomic mass is 16.4. The maximum Gasteiger partial charge on any atom is 0.303 e. The van der Waals surface area contributed by atoms with Gasteiger partial charge in [0.15, 0.2) is 0 Å². The Morgan fingerprint density at radius 2 is 1.72 bits per heavy atom. The van der Waals surface area contributed by atoms with Gasteiger partial charge in [0.25, 0.3) is 0 Å². The summed E-state index contributed by atoms with van der Waals surface area (Å²) in [6.45, 7) is 0. The van der Waals surface area contributed by atoms with Crippen LogP contribution in [0.4, 0.5) is 0 Å². The Labute approximate surface area is 109 Å². The van der Waals surface area contributed by atoms with Crippen LogP contribution in [0.5, 0.6) is 0 Å². The Kier molecular flexibility index (Phi) is 7.85. The fourth-order valence-electron chi connectivity index (χ4n) is 2.04. The van der Waals surface area contributed by atoms with Gasteiger partial charge in [-0.3, -0.25) is 9.78 Å². The van der Waals surface area contributed by atoms with E-state index in [0.717, 1.165) is 19.3 Å². The normalized spacial score (nSPS) is 10.4. The van der Waals surface area contributed by atoms with E-state index in [1.165, 1.54) is 37.7 Å². The number of aliphatic carboxylic acids is 1. The summed E-state index contributed by atoms with van der Waals surface area (Å²) >= 11 is 0. The van der Waals surface area contributed by atoms with Gasteiger partial charge in [-0.2, -0.15) is 0 Å². The third-order valence-corrected chi connectivity index (χ3v) is 3.08. The summed E-state index contributed by atoms with van der Waals surface area (Å²) in [5.41, 5.74) is 1.32. The van der Waals surface area contributed by atoms with Gasteiger partial charge in [0.1, 0.15) is 0 Å². The van der Waals surface area contributed by atoms with Crippen LogP contribution in [0.3, 0.4) is 0 Å². The summed E-state index contributed by atoms with van der Waals surface area (Å²) in [7, 11) is 0. The topological polar surface area (TPSA) is 50.2 Å². The summed E-state index contributed by atoms with van der Waals surface area (Å²) in [6.07, 6.45) is 13.2. The van der Waals surface area contributed by atoms with E-state index < -0.39 is 5.97 Å². The molecule has 3 nitrogen and oxygen atoms in total. The van der Waals surface area contributed by atoms with Gasteiger partial charge in [-0.25, -0.2) is 0 Å². The molecule has 3 heteroatoms. The number of aryl methyl sites for hydroxylation is 1. The van der Waals surface area contributed by atoms with Crippen LogP contribution in [0, 0.1) is 0 Å². The molecule has 0 aromatic carbocycles. The first-order chi connectivity index (χ1) is 8.79. The van der Waals surface area contributed by atoms with Crippen molar-refractivity contribution in [1.29, 1.82) is 0 Å². The standard InChI is InChI=1S/C15H23NO2/c17-15(18)11-7-5-3-1-2-4-6-9-14-10-8-12-16-13-14/h8,10,12-13H,1-7,9,11H2,(H,17,18). The van der Waals surface area contributed by atoms with Crippen LogP contribution in [0.15, 0.2) is 24.5 Å². The smallest absolute Gasteiger partial charge is 0.303 e. The number of unbranched alkanes of at least 4 members (excludes halogenated alkanes) is 6. The van der Waals surface area contributed by atoms with Gasteiger partial charge in [-0.1, -0.05) is 38.2 Å². The molecule has 0 atom stereocenters. The minimum Gasteiger partial charge on any atom is -0.481 e. The van der Waals surface area contributed by atoms with Crippen molar-refractivity contribution in [3.63, 3.8) is 0 Å². The van der Waals surface area contributed by atoms with Gasteiger partial charge in [-0.15, -0.1) is 0 Å². The molecule has 1 N–H and O–H groups in total. The maximum atomic E-state index is 10.3. The third kappa shape index (κ3) is 7.82. The van der Waals surface area contributed by atoms with E-state index in [0.29, 0.717) is 6.42 Å². The maximum absolute atomic E-state index is 10.3. The summed E-state index contributed by atoms with van der Waals surface area (Å²) in [4.78, 5) is 14.4. The molecule has 1 aromatic heterocycles. The van der Waals surface area contributed by atoms with Crippen LogP contribution >= 0.6 is 0 Å². The van der Waals surface area contributed by atoms with E-state index in [1.54, 1.807) is 6.20 Å². The van der Waals surface area contributed by atoms with Crippen molar-refractivity contribution in [2.75, 3.05) is 0 Å². The van der Waals surface area contributed by atoms with Crippen molar-refractivity contribution < 1.29 is 9.90 Å². The van der Waals surface area contributed by atoms with Crippen LogP contribution in [-0.4, -0.2) is 16.1 Å². The first-order valence-corrected chi connectivity index (χ1v) is 6.90. The van der Waals surface area contributed by atoms with Gasteiger partial charge in [-0.05, 0) is 30.9 Å². The molecule has 1 heterocycles. The molecular formula is C15H23NO2. The number of carbonyl (C=O) groups is 1. The SMILES string of the molecule is O=C(O)CCCCCCCCCc1cccnc1. The Bertz CT molecular complexity index is 325. The van der Waals surface area contributed by atoms with Gasteiger partial charge < -0.3 is 5.11 Å². The number of rotatable bonds is 10. The Hall–Kier alpha value is -1.38. The fraction of sp³-hybridized carbons (Fsp3) is 0.600. The highest BCUT2D eigenvalue weighted by Gasteiger charge is 1.97. The highest BCUT2D eigenvalue weighted by molar-refractivity contribution is 5.66. The molecule has 0 spiro atoms. The molecule has 0 amide bonds. The second kappa shape index (κ2) is 9.63. The Morgan fingerprint density at radius 1 is 1.06 bits per heavy atom. The molecule has 0 bridgehead atoms. The highest BCUT2D eigenvalue weighted by Crippen LogP contribution is 2.10. The molecule has 0 unspecified atom stereocenters. The van der Waals surface area contributed by atoms with E-state index in [2.05, 4.69) is 11.1 Å². The molecule has 18 heavy (non-hydrogen) atoms. The lowest BCUT2D eigenvalue weighted by Gasteiger charge is -2.02. The van der Waals surface area contributed by atoms with Crippen molar-refractivity contribution in [3.8, 4) is 0 Å². The minimum atomic E-state index is -0.675. The number of hydrogen-bond donors (Lipinski definition) is 1. The monoisotopic (exact) mass is 249 g/mol. The van der Waals surface area contributed by atoms with Crippen molar-refractivity contribution >= 4 is 5.97 Å². The van der Waals surface area contributed by atoms with Crippen molar-refractivity contribution in [3.05, 3.63) is 30.1 Å². The molecule has 0 saturated heterocycles. The largest absolute Gasteiger partial charge is 0.481 e. The van der Waals surface area contributed by atoms with Crippen molar-refractivity contribution in [2.45, 2.75) is 57.8 Å². The van der Waals surface area contributed by atoms with Gasteiger partial charge in [0.05, 0.1) is 0 Å². The number of hydrogen-bond acceptors (Lipinski definition) is 2. The molecule has 0 fully saturated rings. The fourth-order valence-corrected chi connectivity index (χ4v) is 2.04. The van der Waals surface area contributed by atoms with Gasteiger partial charge >= 0.3 is 5.97 Å². The van der Waals surface area contributed by atoms with Crippen LogP contribution in [0.2, 0.25) is 0 Å². The van der Waals surface area contributed by atoms with Gasteiger partial charge in [0, 0.05) is 18.8 Å². The minimum absolute atomic E-state index is 0.320. The van der Waals surface area contributed by atoms with Crippen LogP contribution in [-0.2, 0) is 11.2 Å². The summed E-state index contributed by atoms with van der Waals surface area (Å²) in [5, 5.41) is 8.49. The van der Waals surface area contributed by atoms with Crippen molar-refractivity contribution in [1.82, 2.24) is 4.98 Å². The molecule has 0 aliphatic rings. The number of aromatic nitrogens is 1. The lowest BCUT2D eigenvalue weighted by molar-refractivity contribution is -0.137. The van der Waals surface area contributed by atoms with Crippen LogP contribution in [0.1, 0.15) is 56.9 Å². The molecule has 0 radical (unpaired) electrons. The quantitative estimate of drug-likeness (QED) is 0.641. The zero-order valence-electron chi connectivity index (χ0n) is 11.0. The lowest BCUT2D eigenvalue weighted by atomic mass is 10.1. The number of pyridine rings is 1. The number of carboxylic acid groups (broad SMARTS) is 1. The zero-order valence-corrected chi connectivity index (χ0v) is 11.0. The zero-order chi connectivity index (χ0) is 13.1. The van der Waals surface area contributed by atoms with E-state index >= 15 is 0 Å². The first kappa shape index (κ1) is 14.7. The Morgan fingerprint density at radius 3 is 2.33 bits per heavy atom. The summed E-state index contributed by atoms with van der Waals surface area (Å²) in [5.74, 6) is -0.675. The average molecular weight is 249 g/mol. The van der Waals surface area contributed by atoms with E-state index in [1.807, 2.05) is 12.3 Å². The molecule has 0 saturated carbocycles. The molecule has 0 aliphatic heterocycles. The second-order valence-corrected chi connectivity index (χ2v) is 4.73. The van der Waals surface area contributed by atoms with Crippen molar-refractivity contribution in [2.24, 2.45) is 0 Å². The first-order valence-electron chi connectivity index (χ1n) is 6.90. The second-order valence-electron chi connectivity index (χ2n) is 4.73. The average Bonchev–Trinajstić information content (AvgIpc) is 2.37. The van der Waals surface area contributed by atoms with Gasteiger partial charge in [0.2, 0.25) is 0 Å². The summed E-state index contributed by atoms with van der Waals surface area (Å²) < 4.78 is 0. The molecule has 100 valence electrons. The van der Waals surface area contributed by atoms with E-state index in [9.17, 15) is 4.79 Å². The number of carboxylic acids is 1. The molecule has 1 aromatic rings. The van der Waals surface area contributed by atoms with E-state index in [-0.39, 0.29) is 0 Å². The number of nitrogens with zero attached hydrogens (tertiary/aromatic N) is 1. The molecular weight excluding hydrogens is 226 g/mol. The predicted molar refractivity (Wildman–Crippen MR) is 72.5 cm³/mol. The molecule has 0 aliphatic carbocycles. The molecule has 1 rings (SSSR count). The van der Waals surface area contributed by atoms with Crippen LogP contribution < -0.4 is 0 Å². The van der Waals surface area contributed by atoms with E-state index in [4.69, 9.17) is 5.11 Å². The predicted octanol–water partition coefficient (Wildman–Crippen LogP) is 3.83. The Balaban J connectivity index is 1.86. The van der Waals surface area contributed by atoms with Crippen LogP contribution in [0.25, 0.3) is 0 Å². The lowest BCUT2D eigenvalue weighted by Crippen LogP contribution is -1.93. The summed E-state index contributed by atoms with van der Waals surface area (Å²) in [6, 6.07) is 4.11. The third-order valence-electron chi connectivity index (χ3n) is 3.08.